The second kappa shape index (κ2) is 6.27. The first-order chi connectivity index (χ1) is 8.08. The maximum absolute atomic E-state index is 13.2. The number of terminal acetylenes is 1. The summed E-state index contributed by atoms with van der Waals surface area (Å²) in [7, 11) is 1.46. The summed E-state index contributed by atoms with van der Waals surface area (Å²) in [4.78, 5) is 0. The average molecular weight is 235 g/mol. The third-order valence-corrected chi connectivity index (χ3v) is 2.63. The van der Waals surface area contributed by atoms with Gasteiger partial charge in [0.2, 0.25) is 0 Å². The molecule has 2 atom stereocenters. The van der Waals surface area contributed by atoms with Gasteiger partial charge in [-0.05, 0) is 31.5 Å². The lowest BCUT2D eigenvalue weighted by Crippen LogP contribution is -2.28. The molecule has 0 amide bonds. The lowest BCUT2D eigenvalue weighted by molar-refractivity contribution is 0.384. The summed E-state index contributed by atoms with van der Waals surface area (Å²) in [5.41, 5.74) is 0.979. The van der Waals surface area contributed by atoms with Crippen LogP contribution in [-0.2, 0) is 0 Å². The number of halogens is 1. The van der Waals surface area contributed by atoms with Gasteiger partial charge in [-0.1, -0.05) is 6.07 Å². The molecule has 0 saturated carbocycles. The van der Waals surface area contributed by atoms with E-state index in [1.54, 1.807) is 12.1 Å². The van der Waals surface area contributed by atoms with Crippen molar-refractivity contribution < 1.29 is 9.13 Å². The molecule has 0 heterocycles. The number of hydrogen-bond acceptors (Lipinski definition) is 2. The van der Waals surface area contributed by atoms with Crippen molar-refractivity contribution in [3.8, 4) is 18.1 Å². The average Bonchev–Trinajstić information content (AvgIpc) is 2.29. The Morgan fingerprint density at radius 1 is 1.47 bits per heavy atom. The van der Waals surface area contributed by atoms with E-state index in [2.05, 4.69) is 11.2 Å². The fourth-order valence-electron chi connectivity index (χ4n) is 1.70. The Bertz CT molecular complexity index is 411. The van der Waals surface area contributed by atoms with Crippen molar-refractivity contribution in [3.63, 3.8) is 0 Å². The van der Waals surface area contributed by atoms with Crippen LogP contribution in [0.3, 0.4) is 0 Å². The van der Waals surface area contributed by atoms with Gasteiger partial charge in [0.25, 0.3) is 0 Å². The van der Waals surface area contributed by atoms with E-state index >= 15 is 0 Å². The number of rotatable bonds is 5. The Kier molecular flexibility index (Phi) is 4.99. The molecule has 2 unspecified atom stereocenters. The molecule has 17 heavy (non-hydrogen) atoms. The molecule has 1 rings (SSSR count). The van der Waals surface area contributed by atoms with Gasteiger partial charge in [0.1, 0.15) is 0 Å². The van der Waals surface area contributed by atoms with Gasteiger partial charge in [0.05, 0.1) is 7.11 Å². The number of benzene rings is 1. The van der Waals surface area contributed by atoms with Crippen molar-refractivity contribution >= 4 is 0 Å². The molecule has 0 radical (unpaired) electrons. The highest BCUT2D eigenvalue weighted by Crippen LogP contribution is 2.22. The molecule has 92 valence electrons. The summed E-state index contributed by atoms with van der Waals surface area (Å²) in [6.07, 6.45) is 5.92. The molecule has 0 aromatic heterocycles. The second-order valence-electron chi connectivity index (χ2n) is 4.09. The van der Waals surface area contributed by atoms with Crippen LogP contribution < -0.4 is 10.1 Å². The molecule has 2 nitrogen and oxygen atoms in total. The SMILES string of the molecule is C#CCC(C)NC(C)c1ccc(F)c(OC)c1. The third-order valence-electron chi connectivity index (χ3n) is 2.63. The number of hydrogen-bond donors (Lipinski definition) is 1. The highest BCUT2D eigenvalue weighted by atomic mass is 19.1. The van der Waals surface area contributed by atoms with Crippen LogP contribution in [0.15, 0.2) is 18.2 Å². The summed E-state index contributed by atoms with van der Waals surface area (Å²) in [5, 5.41) is 3.35. The fraction of sp³-hybridized carbons (Fsp3) is 0.429. The number of ether oxygens (including phenoxy) is 1. The predicted molar refractivity (Wildman–Crippen MR) is 67.4 cm³/mol. The topological polar surface area (TPSA) is 21.3 Å². The first-order valence-electron chi connectivity index (χ1n) is 5.61. The van der Waals surface area contributed by atoms with Crippen molar-refractivity contribution in [2.75, 3.05) is 7.11 Å². The molecule has 3 heteroatoms. The minimum atomic E-state index is -0.347. The van der Waals surface area contributed by atoms with Crippen LogP contribution in [0, 0.1) is 18.2 Å². The van der Waals surface area contributed by atoms with Crippen LogP contribution in [0.1, 0.15) is 31.9 Å². The highest BCUT2D eigenvalue weighted by Gasteiger charge is 2.11. The summed E-state index contributed by atoms with van der Waals surface area (Å²) in [6.45, 7) is 4.04. The van der Waals surface area contributed by atoms with Crippen molar-refractivity contribution in [1.82, 2.24) is 5.32 Å². The Morgan fingerprint density at radius 3 is 2.76 bits per heavy atom. The summed E-state index contributed by atoms with van der Waals surface area (Å²) in [5.74, 6) is 2.53. The van der Waals surface area contributed by atoms with Gasteiger partial charge in [-0.15, -0.1) is 12.3 Å². The lowest BCUT2D eigenvalue weighted by Gasteiger charge is -2.19. The monoisotopic (exact) mass is 235 g/mol. The van der Waals surface area contributed by atoms with E-state index in [1.807, 2.05) is 13.8 Å². The van der Waals surface area contributed by atoms with Gasteiger partial charge in [-0.2, -0.15) is 0 Å². The fourth-order valence-corrected chi connectivity index (χ4v) is 1.70. The normalized spacial score (nSPS) is 13.8. The van der Waals surface area contributed by atoms with Crippen LogP contribution in [0.2, 0.25) is 0 Å². The molecule has 0 saturated heterocycles. The molecule has 0 spiro atoms. The molecule has 0 aliphatic carbocycles. The van der Waals surface area contributed by atoms with Crippen LogP contribution >= 0.6 is 0 Å². The van der Waals surface area contributed by atoms with Gasteiger partial charge < -0.3 is 10.1 Å². The Balaban J connectivity index is 2.75. The summed E-state index contributed by atoms with van der Waals surface area (Å²) < 4.78 is 18.2. The molecule has 0 aliphatic heterocycles. The van der Waals surface area contributed by atoms with Crippen LogP contribution in [0.25, 0.3) is 0 Å². The zero-order valence-corrected chi connectivity index (χ0v) is 10.5. The zero-order chi connectivity index (χ0) is 12.8. The first kappa shape index (κ1) is 13.5. The number of methoxy groups -OCH3 is 1. The summed E-state index contributed by atoms with van der Waals surface area (Å²) >= 11 is 0. The van der Waals surface area contributed by atoms with E-state index in [9.17, 15) is 4.39 Å². The Morgan fingerprint density at radius 2 is 2.18 bits per heavy atom. The largest absolute Gasteiger partial charge is 0.494 e. The minimum Gasteiger partial charge on any atom is -0.494 e. The smallest absolute Gasteiger partial charge is 0.165 e. The molecule has 1 N–H and O–H groups in total. The van der Waals surface area contributed by atoms with E-state index in [0.717, 1.165) is 5.56 Å². The van der Waals surface area contributed by atoms with E-state index in [0.29, 0.717) is 6.42 Å². The maximum atomic E-state index is 13.2. The molecule has 1 aromatic carbocycles. The Labute approximate surface area is 102 Å². The number of nitrogens with one attached hydrogen (secondary N) is 1. The van der Waals surface area contributed by atoms with Crippen LogP contribution in [0.4, 0.5) is 4.39 Å². The van der Waals surface area contributed by atoms with Crippen LogP contribution in [0.5, 0.6) is 5.75 Å². The molecule has 0 aliphatic rings. The van der Waals surface area contributed by atoms with Crippen molar-refractivity contribution in [2.45, 2.75) is 32.4 Å². The predicted octanol–water partition coefficient (Wildman–Crippen LogP) is 2.90. The maximum Gasteiger partial charge on any atom is 0.165 e. The van der Waals surface area contributed by atoms with E-state index in [-0.39, 0.29) is 23.7 Å². The molecule has 1 aromatic rings. The summed E-state index contributed by atoms with van der Waals surface area (Å²) in [6, 6.07) is 5.20. The van der Waals surface area contributed by atoms with Crippen molar-refractivity contribution in [3.05, 3.63) is 29.6 Å². The standard InChI is InChI=1S/C14H18FNO/c1-5-6-10(2)16-11(3)12-7-8-13(15)14(9-12)17-4/h1,7-11,16H,6H2,2-4H3. The lowest BCUT2D eigenvalue weighted by atomic mass is 10.1. The highest BCUT2D eigenvalue weighted by molar-refractivity contribution is 5.32. The van der Waals surface area contributed by atoms with Gasteiger partial charge >= 0.3 is 0 Å². The molecular formula is C14H18FNO. The van der Waals surface area contributed by atoms with E-state index in [4.69, 9.17) is 11.2 Å². The van der Waals surface area contributed by atoms with Gasteiger partial charge in [0, 0.05) is 18.5 Å². The molecule has 0 fully saturated rings. The molecular weight excluding hydrogens is 217 g/mol. The van der Waals surface area contributed by atoms with Gasteiger partial charge in [-0.25, -0.2) is 4.39 Å². The minimum absolute atomic E-state index is 0.104. The quantitative estimate of drug-likeness (QED) is 0.792. The second-order valence-corrected chi connectivity index (χ2v) is 4.09. The third kappa shape index (κ3) is 3.76. The van der Waals surface area contributed by atoms with Crippen LogP contribution in [-0.4, -0.2) is 13.2 Å². The van der Waals surface area contributed by atoms with E-state index < -0.39 is 0 Å². The van der Waals surface area contributed by atoms with E-state index in [1.165, 1.54) is 13.2 Å². The first-order valence-corrected chi connectivity index (χ1v) is 5.61. The Hall–Kier alpha value is -1.53. The van der Waals surface area contributed by atoms with Gasteiger partial charge in [-0.3, -0.25) is 0 Å². The van der Waals surface area contributed by atoms with Crippen molar-refractivity contribution in [2.24, 2.45) is 0 Å². The zero-order valence-electron chi connectivity index (χ0n) is 10.5. The van der Waals surface area contributed by atoms with Crippen molar-refractivity contribution in [1.29, 1.82) is 0 Å². The molecule has 0 bridgehead atoms. The van der Waals surface area contributed by atoms with Gasteiger partial charge in [0.15, 0.2) is 11.6 Å².